The maximum Gasteiger partial charge on any atom is 0.234 e. The van der Waals surface area contributed by atoms with Crippen LogP contribution in [-0.2, 0) is 17.6 Å². The summed E-state index contributed by atoms with van der Waals surface area (Å²) in [5.74, 6) is 0.620. The number of rotatable bonds is 5. The highest BCUT2D eigenvalue weighted by molar-refractivity contribution is 6.27. The topological polar surface area (TPSA) is 55.1 Å². The number of alkyl halides is 1. The molecule has 14 heavy (non-hydrogen) atoms. The van der Waals surface area contributed by atoms with E-state index >= 15 is 0 Å². The molecule has 0 atom stereocenters. The molecule has 78 valence electrons. The van der Waals surface area contributed by atoms with Crippen LogP contribution in [0.4, 0.5) is 0 Å². The van der Waals surface area contributed by atoms with Crippen molar-refractivity contribution >= 4 is 17.5 Å². The summed E-state index contributed by atoms with van der Waals surface area (Å²) in [5, 5.41) is 6.49. The van der Waals surface area contributed by atoms with Gasteiger partial charge in [-0.2, -0.15) is 0 Å². The summed E-state index contributed by atoms with van der Waals surface area (Å²) >= 11 is 5.31. The average Bonchev–Trinajstić information content (AvgIpc) is 2.65. The van der Waals surface area contributed by atoms with Crippen LogP contribution in [0.2, 0.25) is 0 Å². The number of nitrogens with zero attached hydrogens (tertiary/aromatic N) is 1. The summed E-state index contributed by atoms with van der Waals surface area (Å²) in [6.07, 6.45) is 1.51. The Hall–Kier alpha value is -1.03. The highest BCUT2D eigenvalue weighted by atomic mass is 35.5. The number of amides is 1. The van der Waals surface area contributed by atoms with Gasteiger partial charge >= 0.3 is 0 Å². The van der Waals surface area contributed by atoms with Crippen molar-refractivity contribution in [3.8, 4) is 0 Å². The van der Waals surface area contributed by atoms with Crippen LogP contribution < -0.4 is 5.32 Å². The first kappa shape index (κ1) is 11.0. The summed E-state index contributed by atoms with van der Waals surface area (Å²) < 4.78 is 5.04. The second kappa shape index (κ2) is 5.65. The molecule has 0 saturated carbocycles. The van der Waals surface area contributed by atoms with Gasteiger partial charge in [0.2, 0.25) is 5.91 Å². The number of aryl methyl sites for hydroxylation is 1. The molecule has 1 aromatic rings. The van der Waals surface area contributed by atoms with Gasteiger partial charge in [0.15, 0.2) is 0 Å². The van der Waals surface area contributed by atoms with Crippen molar-refractivity contribution in [3.05, 3.63) is 17.5 Å². The van der Waals surface area contributed by atoms with Crippen molar-refractivity contribution in [2.45, 2.75) is 19.8 Å². The highest BCUT2D eigenvalue weighted by Gasteiger charge is 2.03. The van der Waals surface area contributed by atoms with Crippen LogP contribution in [0, 0.1) is 0 Å². The Bertz CT molecular complexity index is 299. The minimum absolute atomic E-state index is 0.00336. The van der Waals surface area contributed by atoms with Gasteiger partial charge in [0.25, 0.3) is 0 Å². The van der Waals surface area contributed by atoms with E-state index in [0.717, 1.165) is 17.9 Å². The number of hydrogen-bond donors (Lipinski definition) is 1. The third-order valence-corrected chi connectivity index (χ3v) is 2.03. The zero-order valence-corrected chi connectivity index (χ0v) is 8.80. The van der Waals surface area contributed by atoms with E-state index in [1.165, 1.54) is 0 Å². The first-order chi connectivity index (χ1) is 6.76. The smallest absolute Gasteiger partial charge is 0.234 e. The van der Waals surface area contributed by atoms with Crippen molar-refractivity contribution in [2.24, 2.45) is 0 Å². The van der Waals surface area contributed by atoms with E-state index in [1.807, 2.05) is 13.0 Å². The lowest BCUT2D eigenvalue weighted by Gasteiger charge is -1.98. The number of carbonyl (C=O) groups is 1. The van der Waals surface area contributed by atoms with Crippen LogP contribution in [0.1, 0.15) is 18.4 Å². The molecule has 1 heterocycles. The van der Waals surface area contributed by atoms with Crippen molar-refractivity contribution in [1.82, 2.24) is 10.5 Å². The van der Waals surface area contributed by atoms with E-state index in [0.29, 0.717) is 13.0 Å². The molecule has 0 aliphatic rings. The monoisotopic (exact) mass is 216 g/mol. The van der Waals surface area contributed by atoms with Crippen LogP contribution in [0.5, 0.6) is 0 Å². The lowest BCUT2D eigenvalue weighted by Crippen LogP contribution is -2.26. The molecule has 0 radical (unpaired) electrons. The largest absolute Gasteiger partial charge is 0.361 e. The van der Waals surface area contributed by atoms with Crippen molar-refractivity contribution in [3.63, 3.8) is 0 Å². The van der Waals surface area contributed by atoms with Gasteiger partial charge in [0.05, 0.1) is 5.69 Å². The molecule has 0 saturated heterocycles. The molecule has 5 heteroatoms. The molecule has 1 amide bonds. The summed E-state index contributed by atoms with van der Waals surface area (Å²) in [6.45, 7) is 2.54. The average molecular weight is 217 g/mol. The van der Waals surface area contributed by atoms with E-state index < -0.39 is 0 Å². The summed E-state index contributed by atoms with van der Waals surface area (Å²) in [6, 6.07) is 1.90. The SMILES string of the molecule is CCc1cc(CCNC(=O)CCl)on1. The predicted molar refractivity (Wildman–Crippen MR) is 53.3 cm³/mol. The number of carbonyl (C=O) groups excluding carboxylic acids is 1. The standard InChI is InChI=1S/C9H13ClN2O2/c1-2-7-5-8(14-12-7)3-4-11-9(13)6-10/h5H,2-4,6H2,1H3,(H,11,13). The van der Waals surface area contributed by atoms with Gasteiger partial charge in [-0.05, 0) is 6.42 Å². The maximum absolute atomic E-state index is 10.8. The van der Waals surface area contributed by atoms with Gasteiger partial charge in [-0.15, -0.1) is 11.6 Å². The Morgan fingerprint density at radius 3 is 3.07 bits per heavy atom. The van der Waals surface area contributed by atoms with Crippen LogP contribution in [0.25, 0.3) is 0 Å². The van der Waals surface area contributed by atoms with Gasteiger partial charge < -0.3 is 9.84 Å². The van der Waals surface area contributed by atoms with E-state index in [1.54, 1.807) is 0 Å². The Kier molecular flexibility index (Phi) is 4.46. The van der Waals surface area contributed by atoms with Crippen LogP contribution >= 0.6 is 11.6 Å². The highest BCUT2D eigenvalue weighted by Crippen LogP contribution is 2.03. The number of nitrogens with one attached hydrogen (secondary N) is 1. The van der Waals surface area contributed by atoms with Crippen molar-refractivity contribution < 1.29 is 9.32 Å². The van der Waals surface area contributed by atoms with E-state index in [2.05, 4.69) is 10.5 Å². The molecular formula is C9H13ClN2O2. The van der Waals surface area contributed by atoms with Crippen LogP contribution in [0.3, 0.4) is 0 Å². The third-order valence-electron chi connectivity index (χ3n) is 1.78. The quantitative estimate of drug-likeness (QED) is 0.751. The molecule has 0 fully saturated rings. The summed E-state index contributed by atoms with van der Waals surface area (Å²) in [5.41, 5.74) is 0.934. The lowest BCUT2D eigenvalue weighted by molar-refractivity contribution is -0.118. The minimum Gasteiger partial charge on any atom is -0.361 e. The molecule has 4 nitrogen and oxygen atoms in total. The predicted octanol–water partition coefficient (Wildman–Crippen LogP) is 1.13. The zero-order valence-electron chi connectivity index (χ0n) is 8.05. The third kappa shape index (κ3) is 3.38. The van der Waals surface area contributed by atoms with E-state index in [4.69, 9.17) is 16.1 Å². The normalized spacial score (nSPS) is 10.1. The summed E-state index contributed by atoms with van der Waals surface area (Å²) in [4.78, 5) is 10.8. The van der Waals surface area contributed by atoms with E-state index in [9.17, 15) is 4.79 Å². The molecule has 0 unspecified atom stereocenters. The Balaban J connectivity index is 2.27. The van der Waals surface area contributed by atoms with Crippen molar-refractivity contribution in [1.29, 1.82) is 0 Å². The number of aromatic nitrogens is 1. The molecule has 0 aliphatic carbocycles. The Labute approximate surface area is 87.6 Å². The van der Waals surface area contributed by atoms with Gasteiger partial charge in [0, 0.05) is 19.0 Å². The van der Waals surface area contributed by atoms with Crippen LogP contribution in [0.15, 0.2) is 10.6 Å². The molecule has 1 rings (SSSR count). The molecule has 0 bridgehead atoms. The van der Waals surface area contributed by atoms with Gasteiger partial charge in [-0.1, -0.05) is 12.1 Å². The fraction of sp³-hybridized carbons (Fsp3) is 0.556. The number of hydrogen-bond acceptors (Lipinski definition) is 3. The van der Waals surface area contributed by atoms with Crippen LogP contribution in [-0.4, -0.2) is 23.5 Å². The molecule has 0 aromatic carbocycles. The summed E-state index contributed by atoms with van der Waals surface area (Å²) in [7, 11) is 0. The van der Waals surface area contributed by atoms with Crippen molar-refractivity contribution in [2.75, 3.05) is 12.4 Å². The Morgan fingerprint density at radius 1 is 1.71 bits per heavy atom. The number of halogens is 1. The molecule has 0 spiro atoms. The fourth-order valence-electron chi connectivity index (χ4n) is 1.01. The second-order valence-electron chi connectivity index (χ2n) is 2.87. The second-order valence-corrected chi connectivity index (χ2v) is 3.14. The maximum atomic E-state index is 10.8. The lowest BCUT2D eigenvalue weighted by atomic mass is 10.2. The molecule has 0 aliphatic heterocycles. The van der Waals surface area contributed by atoms with E-state index in [-0.39, 0.29) is 11.8 Å². The van der Waals surface area contributed by atoms with Gasteiger partial charge in [0.1, 0.15) is 11.6 Å². The first-order valence-electron chi connectivity index (χ1n) is 4.53. The Morgan fingerprint density at radius 2 is 2.50 bits per heavy atom. The zero-order chi connectivity index (χ0) is 10.4. The molecule has 1 N–H and O–H groups in total. The fourth-order valence-corrected chi connectivity index (χ4v) is 1.11. The molecular weight excluding hydrogens is 204 g/mol. The van der Waals surface area contributed by atoms with Gasteiger partial charge in [-0.25, -0.2) is 0 Å². The molecule has 1 aromatic heterocycles. The minimum atomic E-state index is -0.165. The van der Waals surface area contributed by atoms with Gasteiger partial charge in [-0.3, -0.25) is 4.79 Å². The first-order valence-corrected chi connectivity index (χ1v) is 5.06.